The summed E-state index contributed by atoms with van der Waals surface area (Å²) < 4.78 is 78.4. The van der Waals surface area contributed by atoms with E-state index in [1.807, 2.05) is 0 Å². The third-order valence-electron chi connectivity index (χ3n) is 6.00. The van der Waals surface area contributed by atoms with E-state index in [0.717, 1.165) is 18.9 Å². The molecule has 2 aliphatic heterocycles. The number of oxazole rings is 1. The van der Waals surface area contributed by atoms with E-state index in [1.165, 1.54) is 17.4 Å². The molecule has 2 aromatic heterocycles. The van der Waals surface area contributed by atoms with Crippen LogP contribution < -0.4 is 9.08 Å². The molecular formula is C22H23F3N4O6S2. The number of halogens is 3. The Morgan fingerprint density at radius 2 is 1.84 bits per heavy atom. The number of benzene rings is 1. The van der Waals surface area contributed by atoms with Crippen LogP contribution in [0.1, 0.15) is 33.6 Å². The Balaban J connectivity index is 1.50. The van der Waals surface area contributed by atoms with Crippen LogP contribution in [0.15, 0.2) is 28.1 Å². The van der Waals surface area contributed by atoms with Crippen LogP contribution in [0, 0.1) is 0 Å². The highest BCUT2D eigenvalue weighted by Crippen LogP contribution is 2.41. The summed E-state index contributed by atoms with van der Waals surface area (Å²) in [4.78, 5) is 24.8. The predicted octanol–water partition coefficient (Wildman–Crippen LogP) is 4.77. The van der Waals surface area contributed by atoms with Crippen molar-refractivity contribution in [1.29, 1.82) is 0 Å². The average molecular weight is 561 g/mol. The molecule has 4 heterocycles. The zero-order valence-electron chi connectivity index (χ0n) is 20.0. The molecule has 3 aromatic rings. The van der Waals surface area contributed by atoms with Gasteiger partial charge in [-0.1, -0.05) is 0 Å². The van der Waals surface area contributed by atoms with E-state index in [1.54, 1.807) is 42.1 Å². The summed E-state index contributed by atoms with van der Waals surface area (Å²) in [6, 6.07) is 2.20. The lowest BCUT2D eigenvalue weighted by Gasteiger charge is -2.40. The number of fused-ring (bicyclic) bond motifs is 3. The Bertz CT molecular complexity index is 1420. The van der Waals surface area contributed by atoms with Gasteiger partial charge in [0.05, 0.1) is 17.6 Å². The molecule has 2 fully saturated rings. The van der Waals surface area contributed by atoms with Gasteiger partial charge >= 0.3 is 21.7 Å². The second kappa shape index (κ2) is 8.75. The van der Waals surface area contributed by atoms with Crippen LogP contribution in [-0.4, -0.2) is 65.7 Å². The molecule has 37 heavy (non-hydrogen) atoms. The van der Waals surface area contributed by atoms with Gasteiger partial charge in [0.15, 0.2) is 16.8 Å². The first-order chi connectivity index (χ1) is 17.2. The standard InChI is InChI=1S/C22H23F3N4O6S2/c1-21(2,3)34-20(30)29-12-4-5-13(29)11-28(10-12)19-27-16-15(35-37(31,32)22(23,24)25)7-6-14(17(16)33-19)18-26-8-9-36-18/h6-9,12-13H,4-5,10-11H2,1-3H3. The molecule has 2 bridgehead atoms. The highest BCUT2D eigenvalue weighted by Gasteiger charge is 2.49. The van der Waals surface area contributed by atoms with Crippen molar-refractivity contribution in [2.45, 2.75) is 56.8 Å². The zero-order chi connectivity index (χ0) is 26.8. The molecule has 2 saturated heterocycles. The van der Waals surface area contributed by atoms with Crippen molar-refractivity contribution in [3.05, 3.63) is 23.7 Å². The number of aromatic nitrogens is 2. The topological polar surface area (TPSA) is 115 Å². The number of amides is 1. The lowest BCUT2D eigenvalue weighted by atomic mass is 10.2. The summed E-state index contributed by atoms with van der Waals surface area (Å²) in [5, 5.41) is 2.22. The molecule has 1 amide bonds. The Kier molecular flexibility index (Phi) is 6.05. The van der Waals surface area contributed by atoms with E-state index in [-0.39, 0.29) is 29.2 Å². The molecule has 0 radical (unpaired) electrons. The van der Waals surface area contributed by atoms with Gasteiger partial charge in [0.1, 0.15) is 10.6 Å². The van der Waals surface area contributed by atoms with E-state index < -0.39 is 33.1 Å². The Labute approximate surface area is 214 Å². The third kappa shape index (κ3) is 4.81. The number of hydrogen-bond donors (Lipinski definition) is 0. The Morgan fingerprint density at radius 3 is 2.41 bits per heavy atom. The number of ether oxygens (including phenoxy) is 1. The molecule has 2 atom stereocenters. The minimum atomic E-state index is -5.93. The summed E-state index contributed by atoms with van der Waals surface area (Å²) in [5.74, 6) is -0.613. The van der Waals surface area contributed by atoms with Crippen LogP contribution in [0.4, 0.5) is 24.0 Å². The first kappa shape index (κ1) is 25.6. The quantitative estimate of drug-likeness (QED) is 0.329. The van der Waals surface area contributed by atoms with Crippen molar-refractivity contribution in [2.24, 2.45) is 0 Å². The number of nitrogens with zero attached hydrogens (tertiary/aromatic N) is 4. The molecular weight excluding hydrogens is 537 g/mol. The lowest BCUT2D eigenvalue weighted by Crippen LogP contribution is -2.56. The van der Waals surface area contributed by atoms with E-state index in [4.69, 9.17) is 9.15 Å². The molecule has 1 aromatic carbocycles. The molecule has 0 saturated carbocycles. The van der Waals surface area contributed by atoms with E-state index in [0.29, 0.717) is 23.7 Å². The van der Waals surface area contributed by atoms with Gasteiger partial charge in [-0.05, 0) is 45.7 Å². The number of thiazole rings is 1. The summed E-state index contributed by atoms with van der Waals surface area (Å²) in [6.07, 6.45) is 2.62. The van der Waals surface area contributed by atoms with Crippen LogP contribution in [-0.2, 0) is 14.9 Å². The predicted molar refractivity (Wildman–Crippen MR) is 128 cm³/mol. The van der Waals surface area contributed by atoms with Crippen LogP contribution in [0.25, 0.3) is 21.7 Å². The van der Waals surface area contributed by atoms with E-state index in [2.05, 4.69) is 14.2 Å². The summed E-state index contributed by atoms with van der Waals surface area (Å²) in [6.45, 7) is 6.08. The van der Waals surface area contributed by atoms with Gasteiger partial charge < -0.3 is 18.2 Å². The highest BCUT2D eigenvalue weighted by molar-refractivity contribution is 7.88. The Morgan fingerprint density at radius 1 is 1.16 bits per heavy atom. The number of carbonyl (C=O) groups is 1. The van der Waals surface area contributed by atoms with E-state index >= 15 is 0 Å². The van der Waals surface area contributed by atoms with Crippen molar-refractivity contribution < 1.29 is 39.7 Å². The van der Waals surface area contributed by atoms with Crippen molar-refractivity contribution in [3.8, 4) is 16.3 Å². The number of hydrogen-bond acceptors (Lipinski definition) is 10. The zero-order valence-corrected chi connectivity index (χ0v) is 21.6. The van der Waals surface area contributed by atoms with Gasteiger partial charge in [-0.15, -0.1) is 11.3 Å². The smallest absolute Gasteiger partial charge is 0.444 e. The van der Waals surface area contributed by atoms with Gasteiger partial charge in [-0.3, -0.25) is 4.90 Å². The van der Waals surface area contributed by atoms with Crippen LogP contribution >= 0.6 is 11.3 Å². The molecule has 2 unspecified atom stereocenters. The van der Waals surface area contributed by atoms with Gasteiger partial charge in [0.2, 0.25) is 0 Å². The summed E-state index contributed by atoms with van der Waals surface area (Å²) in [5.41, 5.74) is -5.97. The van der Waals surface area contributed by atoms with Crippen LogP contribution in [0.5, 0.6) is 5.75 Å². The number of piperazine rings is 1. The van der Waals surface area contributed by atoms with Crippen molar-refractivity contribution in [2.75, 3.05) is 18.0 Å². The van der Waals surface area contributed by atoms with Gasteiger partial charge in [0.25, 0.3) is 6.01 Å². The second-order valence-electron chi connectivity index (χ2n) is 9.78. The fraction of sp³-hybridized carbons (Fsp3) is 0.500. The van der Waals surface area contributed by atoms with Gasteiger partial charge in [-0.2, -0.15) is 26.6 Å². The average Bonchev–Trinajstić information content (AvgIpc) is 3.50. The molecule has 10 nitrogen and oxygen atoms in total. The number of anilines is 1. The highest BCUT2D eigenvalue weighted by atomic mass is 32.2. The molecule has 2 aliphatic rings. The second-order valence-corrected chi connectivity index (χ2v) is 12.2. The van der Waals surface area contributed by atoms with Crippen LogP contribution in [0.2, 0.25) is 0 Å². The van der Waals surface area contributed by atoms with Crippen molar-refractivity contribution in [1.82, 2.24) is 14.9 Å². The largest absolute Gasteiger partial charge is 0.534 e. The molecule has 15 heteroatoms. The third-order valence-corrected chi connectivity index (χ3v) is 7.77. The van der Waals surface area contributed by atoms with Crippen LogP contribution in [0.3, 0.4) is 0 Å². The molecule has 200 valence electrons. The molecule has 0 spiro atoms. The number of rotatable bonds is 4. The number of alkyl halides is 3. The molecule has 0 N–H and O–H groups in total. The SMILES string of the molecule is CC(C)(C)OC(=O)N1C2CCC1CN(c1nc3c(OS(=O)(=O)C(F)(F)F)ccc(-c4nccs4)c3o1)C2. The fourth-order valence-electron chi connectivity index (χ4n) is 4.54. The van der Waals surface area contributed by atoms with Gasteiger partial charge in [-0.25, -0.2) is 9.78 Å². The fourth-order valence-corrected chi connectivity index (χ4v) is 5.66. The maximum absolute atomic E-state index is 13.0. The normalized spacial score (nSPS) is 20.5. The first-order valence-corrected chi connectivity index (χ1v) is 13.6. The monoisotopic (exact) mass is 560 g/mol. The summed E-state index contributed by atoms with van der Waals surface area (Å²) >= 11 is 1.27. The first-order valence-electron chi connectivity index (χ1n) is 11.3. The van der Waals surface area contributed by atoms with Crippen molar-refractivity contribution >= 4 is 44.7 Å². The lowest BCUT2D eigenvalue weighted by molar-refractivity contribution is -0.0499. The minimum Gasteiger partial charge on any atom is -0.444 e. The van der Waals surface area contributed by atoms with Gasteiger partial charge in [0, 0.05) is 24.7 Å². The van der Waals surface area contributed by atoms with E-state index in [9.17, 15) is 26.4 Å². The maximum atomic E-state index is 13.0. The molecule has 5 rings (SSSR count). The summed E-state index contributed by atoms with van der Waals surface area (Å²) in [7, 11) is -5.93. The number of carbonyl (C=O) groups excluding carboxylic acids is 1. The molecule has 0 aliphatic carbocycles. The minimum absolute atomic E-state index is 0.0433. The Hall–Kier alpha value is -3.07. The maximum Gasteiger partial charge on any atom is 0.534 e. The van der Waals surface area contributed by atoms with Crippen molar-refractivity contribution in [3.63, 3.8) is 0 Å².